The second-order valence-corrected chi connectivity index (χ2v) is 10.1. The number of thiophene rings is 1. The van der Waals surface area contributed by atoms with E-state index in [0.29, 0.717) is 18.3 Å². The fraction of sp³-hybridized carbons (Fsp3) is 0.615. The third kappa shape index (κ3) is 4.38. The van der Waals surface area contributed by atoms with Crippen LogP contribution in [0.25, 0.3) is 0 Å². The lowest BCUT2D eigenvalue weighted by atomic mass is 10.2. The van der Waals surface area contributed by atoms with E-state index >= 15 is 0 Å². The lowest BCUT2D eigenvalue weighted by molar-refractivity contribution is 0.0760. The number of hydrogen-bond donors (Lipinski definition) is 1. The molecule has 0 unspecified atom stereocenters. The van der Waals surface area contributed by atoms with E-state index in [4.69, 9.17) is 16.7 Å². The Labute approximate surface area is 144 Å². The van der Waals surface area contributed by atoms with Crippen LogP contribution < -0.4 is 5.14 Å². The Balaban J connectivity index is 2.27. The molecule has 9 heteroatoms. The molecule has 2 rings (SSSR count). The molecule has 0 radical (unpaired) electrons. The topological polar surface area (TPSA) is 80.5 Å². The van der Waals surface area contributed by atoms with Crippen LogP contribution in [-0.2, 0) is 10.0 Å². The fourth-order valence-corrected chi connectivity index (χ4v) is 5.90. The number of amides is 1. The van der Waals surface area contributed by atoms with Crippen molar-refractivity contribution in [2.75, 3.05) is 18.8 Å². The van der Waals surface area contributed by atoms with Crippen LogP contribution in [0, 0.1) is 0 Å². The number of carbonyl (C=O) groups is 1. The third-order valence-electron chi connectivity index (χ3n) is 3.47. The van der Waals surface area contributed by atoms with E-state index in [1.54, 1.807) is 4.90 Å². The van der Waals surface area contributed by atoms with Gasteiger partial charge in [0.25, 0.3) is 5.91 Å². The van der Waals surface area contributed by atoms with Gasteiger partial charge in [-0.3, -0.25) is 4.79 Å². The molecule has 1 aromatic rings. The molecule has 1 fully saturated rings. The number of carbonyl (C=O) groups excluding carboxylic acids is 1. The number of sulfonamides is 1. The minimum absolute atomic E-state index is 0.0969. The highest BCUT2D eigenvalue weighted by Gasteiger charge is 2.29. The molecule has 2 N–H and O–H groups in total. The first kappa shape index (κ1) is 18.1. The summed E-state index contributed by atoms with van der Waals surface area (Å²) in [6, 6.07) is 1.40. The first-order valence-corrected chi connectivity index (χ1v) is 10.8. The third-order valence-corrected chi connectivity index (χ3v) is 7.41. The maximum absolute atomic E-state index is 12.7. The molecule has 0 spiro atoms. The van der Waals surface area contributed by atoms with Crippen molar-refractivity contribution in [1.29, 1.82) is 0 Å². The minimum atomic E-state index is -3.95. The van der Waals surface area contributed by atoms with E-state index < -0.39 is 10.0 Å². The number of nitrogens with two attached hydrogens (primary N) is 1. The van der Waals surface area contributed by atoms with Crippen LogP contribution in [0.15, 0.2) is 10.3 Å². The Morgan fingerprint density at radius 2 is 2.27 bits per heavy atom. The van der Waals surface area contributed by atoms with Crippen molar-refractivity contribution in [3.8, 4) is 0 Å². The Hall–Kier alpha value is -0.280. The van der Waals surface area contributed by atoms with Crippen molar-refractivity contribution in [3.63, 3.8) is 0 Å². The van der Waals surface area contributed by atoms with Crippen LogP contribution in [0.4, 0.5) is 0 Å². The fourth-order valence-electron chi connectivity index (χ4n) is 2.54. The van der Waals surface area contributed by atoms with Gasteiger partial charge in [-0.05, 0) is 24.7 Å². The van der Waals surface area contributed by atoms with Gasteiger partial charge in [0.15, 0.2) is 0 Å². The summed E-state index contributed by atoms with van der Waals surface area (Å²) >= 11 is 8.56. The zero-order chi connectivity index (χ0) is 16.3. The van der Waals surface area contributed by atoms with Crippen LogP contribution in [0.3, 0.4) is 0 Å². The molecule has 124 valence electrons. The molecule has 1 saturated heterocycles. The Bertz CT molecular complexity index is 645. The van der Waals surface area contributed by atoms with E-state index in [1.807, 2.05) is 11.8 Å². The lowest BCUT2D eigenvalue weighted by Crippen LogP contribution is -2.36. The normalized spacial score (nSPS) is 20.0. The molecule has 1 amide bonds. The molecule has 1 aliphatic rings. The summed E-state index contributed by atoms with van der Waals surface area (Å²) in [6.45, 7) is 3.37. The largest absolute Gasteiger partial charge is 0.337 e. The predicted molar refractivity (Wildman–Crippen MR) is 92.4 cm³/mol. The lowest BCUT2D eigenvalue weighted by Gasteiger charge is -2.24. The van der Waals surface area contributed by atoms with Gasteiger partial charge in [-0.2, -0.15) is 11.8 Å². The first-order valence-electron chi connectivity index (χ1n) is 7.06. The van der Waals surface area contributed by atoms with Crippen LogP contribution in [0.2, 0.25) is 4.34 Å². The first-order chi connectivity index (χ1) is 10.3. The maximum Gasteiger partial charge on any atom is 0.256 e. The number of primary sulfonamides is 1. The average Bonchev–Trinajstić information content (AvgIpc) is 2.68. The number of thioether (sulfide) groups is 1. The monoisotopic (exact) mass is 382 g/mol. The SMILES string of the molecule is CCS[C@H]1CCCCN(C(=O)c2cc(Cl)sc2S(N)(=O)=O)C1. The van der Waals surface area contributed by atoms with E-state index in [-0.39, 0.29) is 20.0 Å². The van der Waals surface area contributed by atoms with Crippen molar-refractivity contribution in [1.82, 2.24) is 4.90 Å². The van der Waals surface area contributed by atoms with Gasteiger partial charge >= 0.3 is 0 Å². The standard InChI is InChI=1S/C13H19ClN2O3S3/c1-2-20-9-5-3-4-6-16(8-9)12(17)10-7-11(14)21-13(10)22(15,18)19/h7,9H,2-6,8H2,1H3,(H2,15,18,19)/t9-/m0/s1. The average molecular weight is 383 g/mol. The van der Waals surface area contributed by atoms with E-state index in [0.717, 1.165) is 36.4 Å². The highest BCUT2D eigenvalue weighted by molar-refractivity contribution is 7.99. The second-order valence-electron chi connectivity index (χ2n) is 5.12. The van der Waals surface area contributed by atoms with Crippen molar-refractivity contribution in [3.05, 3.63) is 16.0 Å². The molecule has 22 heavy (non-hydrogen) atoms. The van der Waals surface area contributed by atoms with Crippen molar-refractivity contribution in [2.45, 2.75) is 35.6 Å². The predicted octanol–water partition coefficient (Wildman–Crippen LogP) is 2.80. The zero-order valence-corrected chi connectivity index (χ0v) is 15.5. The smallest absolute Gasteiger partial charge is 0.256 e. The summed E-state index contributed by atoms with van der Waals surface area (Å²) in [5.41, 5.74) is 0.0969. The van der Waals surface area contributed by atoms with Gasteiger partial charge < -0.3 is 4.90 Å². The second kappa shape index (κ2) is 7.53. The molecular formula is C13H19ClN2O3S3. The van der Waals surface area contributed by atoms with Crippen LogP contribution in [-0.4, -0.2) is 43.3 Å². The van der Waals surface area contributed by atoms with Gasteiger partial charge in [0.2, 0.25) is 10.0 Å². The number of halogens is 1. The summed E-state index contributed by atoms with van der Waals surface area (Å²) in [7, 11) is -3.95. The summed E-state index contributed by atoms with van der Waals surface area (Å²) in [4.78, 5) is 14.5. The zero-order valence-electron chi connectivity index (χ0n) is 12.2. The molecule has 1 atom stereocenters. The summed E-state index contributed by atoms with van der Waals surface area (Å²) in [5, 5.41) is 5.59. The van der Waals surface area contributed by atoms with E-state index in [1.165, 1.54) is 6.07 Å². The quantitative estimate of drug-likeness (QED) is 0.868. The highest BCUT2D eigenvalue weighted by Crippen LogP contribution is 2.32. The Kier molecular flexibility index (Phi) is 6.18. The van der Waals surface area contributed by atoms with Gasteiger partial charge in [-0.25, -0.2) is 13.6 Å². The van der Waals surface area contributed by atoms with Crippen molar-refractivity contribution < 1.29 is 13.2 Å². The Morgan fingerprint density at radius 1 is 1.55 bits per heavy atom. The number of rotatable bonds is 4. The van der Waals surface area contributed by atoms with Crippen LogP contribution in [0.5, 0.6) is 0 Å². The van der Waals surface area contributed by atoms with Crippen LogP contribution >= 0.6 is 34.7 Å². The molecule has 0 aromatic carbocycles. The summed E-state index contributed by atoms with van der Waals surface area (Å²) < 4.78 is 23.4. The molecule has 0 aliphatic carbocycles. The van der Waals surface area contributed by atoms with Crippen molar-refractivity contribution in [2.24, 2.45) is 5.14 Å². The molecule has 0 saturated carbocycles. The van der Waals surface area contributed by atoms with E-state index in [2.05, 4.69) is 6.92 Å². The summed E-state index contributed by atoms with van der Waals surface area (Å²) in [6.07, 6.45) is 3.08. The van der Waals surface area contributed by atoms with Gasteiger partial charge in [0.05, 0.1) is 9.90 Å². The molecular weight excluding hydrogens is 364 g/mol. The van der Waals surface area contributed by atoms with Crippen LogP contribution in [0.1, 0.15) is 36.5 Å². The maximum atomic E-state index is 12.7. The molecule has 5 nitrogen and oxygen atoms in total. The van der Waals surface area contributed by atoms with Gasteiger partial charge in [0.1, 0.15) is 4.21 Å². The minimum Gasteiger partial charge on any atom is -0.337 e. The van der Waals surface area contributed by atoms with Gasteiger partial charge in [0, 0.05) is 18.3 Å². The summed E-state index contributed by atoms with van der Waals surface area (Å²) in [5.74, 6) is 0.704. The van der Waals surface area contributed by atoms with Gasteiger partial charge in [-0.15, -0.1) is 11.3 Å². The van der Waals surface area contributed by atoms with Gasteiger partial charge in [-0.1, -0.05) is 24.9 Å². The van der Waals surface area contributed by atoms with Crippen molar-refractivity contribution >= 4 is 50.6 Å². The molecule has 0 bridgehead atoms. The molecule has 1 aromatic heterocycles. The number of nitrogens with zero attached hydrogens (tertiary/aromatic N) is 1. The highest BCUT2D eigenvalue weighted by atomic mass is 35.5. The molecule has 2 heterocycles. The molecule has 1 aliphatic heterocycles. The van der Waals surface area contributed by atoms with E-state index in [9.17, 15) is 13.2 Å². The number of likely N-dealkylation sites (tertiary alicyclic amines) is 1. The number of hydrogen-bond acceptors (Lipinski definition) is 5. The Morgan fingerprint density at radius 3 is 2.91 bits per heavy atom.